The van der Waals surface area contributed by atoms with E-state index in [1.165, 1.54) is 0 Å². The van der Waals surface area contributed by atoms with Gasteiger partial charge in [0.1, 0.15) is 0 Å². The summed E-state index contributed by atoms with van der Waals surface area (Å²) < 4.78 is 27.6. The molecule has 2 rings (SSSR count). The molecule has 1 heterocycles. The highest BCUT2D eigenvalue weighted by Crippen LogP contribution is 2.12. The molecule has 0 spiro atoms. The number of carbonyl (C=O) groups excluding carboxylic acids is 1. The van der Waals surface area contributed by atoms with Crippen molar-refractivity contribution in [1.82, 2.24) is 20.3 Å². The van der Waals surface area contributed by atoms with Gasteiger partial charge >= 0.3 is 0 Å². The van der Waals surface area contributed by atoms with Crippen molar-refractivity contribution in [3.63, 3.8) is 0 Å². The smallest absolute Gasteiger partial charge is 0.277 e. The molecular weight excluding hydrogens is 292 g/mol. The van der Waals surface area contributed by atoms with E-state index in [0.29, 0.717) is 11.4 Å². The number of para-hydroxylation sites is 1. The summed E-state index contributed by atoms with van der Waals surface area (Å²) in [6.07, 6.45) is -0.112. The molecule has 0 saturated heterocycles. The first-order valence-corrected chi connectivity index (χ1v) is 6.74. The van der Waals surface area contributed by atoms with Crippen LogP contribution in [0.4, 0.5) is 8.78 Å². The number of nitrogens with one attached hydrogen (secondary N) is 1. The topological polar surface area (TPSA) is 85.8 Å². The molecule has 0 aliphatic heterocycles. The lowest BCUT2D eigenvalue weighted by molar-refractivity contribution is -0.122. The normalized spacial score (nSPS) is 11.5. The Morgan fingerprint density at radius 3 is 2.68 bits per heavy atom. The molecule has 118 valence electrons. The number of amides is 1. The SMILES string of the molecule is Cc1c(CC(=O)NCC(F)(F)CN)nnn1-c1ccccc1. The Morgan fingerprint density at radius 1 is 1.36 bits per heavy atom. The second kappa shape index (κ2) is 6.61. The lowest BCUT2D eigenvalue weighted by Crippen LogP contribution is -2.42. The Bertz CT molecular complexity index is 642. The average molecular weight is 309 g/mol. The quantitative estimate of drug-likeness (QED) is 0.827. The lowest BCUT2D eigenvalue weighted by atomic mass is 10.2. The minimum atomic E-state index is -3.10. The van der Waals surface area contributed by atoms with E-state index in [-0.39, 0.29) is 6.42 Å². The summed E-state index contributed by atoms with van der Waals surface area (Å²) in [6, 6.07) is 9.30. The highest BCUT2D eigenvalue weighted by atomic mass is 19.3. The summed E-state index contributed by atoms with van der Waals surface area (Å²) in [7, 11) is 0. The van der Waals surface area contributed by atoms with Gasteiger partial charge in [0.15, 0.2) is 0 Å². The predicted molar refractivity (Wildman–Crippen MR) is 76.8 cm³/mol. The van der Waals surface area contributed by atoms with E-state index in [1.54, 1.807) is 11.6 Å². The molecule has 0 aliphatic rings. The average Bonchev–Trinajstić information content (AvgIpc) is 2.87. The molecule has 2 aromatic rings. The number of aromatic nitrogens is 3. The van der Waals surface area contributed by atoms with Gasteiger partial charge in [0, 0.05) is 0 Å². The van der Waals surface area contributed by atoms with Crippen molar-refractivity contribution >= 4 is 5.91 Å². The zero-order chi connectivity index (χ0) is 16.2. The summed E-state index contributed by atoms with van der Waals surface area (Å²) in [5.74, 6) is -3.65. The first-order valence-electron chi connectivity index (χ1n) is 6.74. The number of halogens is 2. The van der Waals surface area contributed by atoms with Crippen molar-refractivity contribution in [2.75, 3.05) is 13.1 Å². The lowest BCUT2D eigenvalue weighted by Gasteiger charge is -2.14. The van der Waals surface area contributed by atoms with Crippen LogP contribution >= 0.6 is 0 Å². The fourth-order valence-electron chi connectivity index (χ4n) is 1.85. The van der Waals surface area contributed by atoms with E-state index in [4.69, 9.17) is 5.73 Å². The van der Waals surface area contributed by atoms with Gasteiger partial charge in [-0.3, -0.25) is 4.79 Å². The second-order valence-electron chi connectivity index (χ2n) is 4.88. The van der Waals surface area contributed by atoms with Crippen molar-refractivity contribution in [2.45, 2.75) is 19.3 Å². The molecule has 6 nitrogen and oxygen atoms in total. The number of hydrogen-bond donors (Lipinski definition) is 2. The third kappa shape index (κ3) is 3.85. The van der Waals surface area contributed by atoms with E-state index in [1.807, 2.05) is 30.3 Å². The van der Waals surface area contributed by atoms with Crippen LogP contribution in [0.2, 0.25) is 0 Å². The van der Waals surface area contributed by atoms with Crippen molar-refractivity contribution in [3.05, 3.63) is 41.7 Å². The van der Waals surface area contributed by atoms with Gasteiger partial charge in [-0.05, 0) is 19.1 Å². The van der Waals surface area contributed by atoms with Gasteiger partial charge in [0.05, 0.1) is 36.6 Å². The number of rotatable bonds is 6. The van der Waals surface area contributed by atoms with Gasteiger partial charge in [-0.2, -0.15) is 0 Å². The van der Waals surface area contributed by atoms with Crippen LogP contribution in [-0.4, -0.2) is 39.9 Å². The van der Waals surface area contributed by atoms with Crippen LogP contribution in [0, 0.1) is 6.92 Å². The molecule has 0 fully saturated rings. The van der Waals surface area contributed by atoms with Crippen LogP contribution in [0.25, 0.3) is 5.69 Å². The number of benzene rings is 1. The third-order valence-corrected chi connectivity index (χ3v) is 3.16. The summed E-state index contributed by atoms with van der Waals surface area (Å²) in [6.45, 7) is 0.175. The van der Waals surface area contributed by atoms with Crippen LogP contribution in [0.15, 0.2) is 30.3 Å². The largest absolute Gasteiger partial charge is 0.350 e. The minimum Gasteiger partial charge on any atom is -0.350 e. The molecule has 1 amide bonds. The fraction of sp³-hybridized carbons (Fsp3) is 0.357. The standard InChI is InChI=1S/C14H17F2N5O/c1-10-12(7-13(22)18-9-14(15,16)8-17)19-20-21(10)11-5-3-2-4-6-11/h2-6H,7-9,17H2,1H3,(H,18,22). The van der Waals surface area contributed by atoms with Crippen molar-refractivity contribution < 1.29 is 13.6 Å². The van der Waals surface area contributed by atoms with Gasteiger partial charge < -0.3 is 11.1 Å². The Hall–Kier alpha value is -2.35. The Morgan fingerprint density at radius 2 is 2.05 bits per heavy atom. The van der Waals surface area contributed by atoms with Crippen LogP contribution in [0.3, 0.4) is 0 Å². The van der Waals surface area contributed by atoms with Crippen LogP contribution in [-0.2, 0) is 11.2 Å². The maximum atomic E-state index is 13.0. The van der Waals surface area contributed by atoms with E-state index in [2.05, 4.69) is 15.6 Å². The van der Waals surface area contributed by atoms with Crippen molar-refractivity contribution in [2.24, 2.45) is 5.73 Å². The van der Waals surface area contributed by atoms with Gasteiger partial charge in [-0.15, -0.1) is 5.10 Å². The van der Waals surface area contributed by atoms with Crippen LogP contribution in [0.5, 0.6) is 0 Å². The number of hydrogen-bond acceptors (Lipinski definition) is 4. The minimum absolute atomic E-state index is 0.112. The van der Waals surface area contributed by atoms with E-state index in [9.17, 15) is 13.6 Å². The molecule has 1 aromatic carbocycles. The maximum absolute atomic E-state index is 13.0. The third-order valence-electron chi connectivity index (χ3n) is 3.16. The van der Waals surface area contributed by atoms with Crippen LogP contribution in [0.1, 0.15) is 11.4 Å². The van der Waals surface area contributed by atoms with Gasteiger partial charge in [0.2, 0.25) is 5.91 Å². The van der Waals surface area contributed by atoms with E-state index in [0.717, 1.165) is 5.69 Å². The number of nitrogens with zero attached hydrogens (tertiary/aromatic N) is 3. The summed E-state index contributed by atoms with van der Waals surface area (Å²) in [4.78, 5) is 11.7. The maximum Gasteiger partial charge on any atom is 0.277 e. The molecule has 0 radical (unpaired) electrons. The summed E-state index contributed by atoms with van der Waals surface area (Å²) in [5.41, 5.74) is 6.85. The van der Waals surface area contributed by atoms with Gasteiger partial charge in [-0.25, -0.2) is 13.5 Å². The second-order valence-corrected chi connectivity index (χ2v) is 4.88. The van der Waals surface area contributed by atoms with E-state index < -0.39 is 24.9 Å². The van der Waals surface area contributed by atoms with Gasteiger partial charge in [0.25, 0.3) is 5.92 Å². The monoisotopic (exact) mass is 309 g/mol. The van der Waals surface area contributed by atoms with Crippen LogP contribution < -0.4 is 11.1 Å². The molecule has 22 heavy (non-hydrogen) atoms. The highest BCUT2D eigenvalue weighted by Gasteiger charge is 2.27. The van der Waals surface area contributed by atoms with Crippen molar-refractivity contribution in [3.8, 4) is 5.69 Å². The highest BCUT2D eigenvalue weighted by molar-refractivity contribution is 5.78. The molecule has 0 bridgehead atoms. The summed E-state index contributed by atoms with van der Waals surface area (Å²) >= 11 is 0. The Balaban J connectivity index is 2.03. The number of carbonyl (C=O) groups is 1. The summed E-state index contributed by atoms with van der Waals surface area (Å²) in [5, 5.41) is 10.1. The number of nitrogens with two attached hydrogens (primary N) is 1. The molecule has 3 N–H and O–H groups in total. The fourth-order valence-corrected chi connectivity index (χ4v) is 1.85. The van der Waals surface area contributed by atoms with E-state index >= 15 is 0 Å². The first-order chi connectivity index (χ1) is 10.4. The molecule has 0 atom stereocenters. The predicted octanol–water partition coefficient (Wildman–Crippen LogP) is 0.828. The number of alkyl halides is 2. The van der Waals surface area contributed by atoms with Gasteiger partial charge in [-0.1, -0.05) is 23.4 Å². The van der Waals surface area contributed by atoms with Crippen molar-refractivity contribution in [1.29, 1.82) is 0 Å². The molecule has 0 unspecified atom stereocenters. The Labute approximate surface area is 126 Å². The molecule has 8 heteroatoms. The zero-order valence-electron chi connectivity index (χ0n) is 12.1. The zero-order valence-corrected chi connectivity index (χ0v) is 12.1. The molecule has 0 saturated carbocycles. The first kappa shape index (κ1) is 16.0. The molecule has 1 aromatic heterocycles. The molecule has 0 aliphatic carbocycles. The Kier molecular flexibility index (Phi) is 4.81. The molecular formula is C14H17F2N5O.